The van der Waals surface area contributed by atoms with Gasteiger partial charge >= 0.3 is 0 Å². The van der Waals surface area contributed by atoms with E-state index >= 15 is 0 Å². The van der Waals surface area contributed by atoms with Crippen LogP contribution in [0.4, 0.5) is 0 Å². The van der Waals surface area contributed by atoms with Gasteiger partial charge in [0.25, 0.3) is 5.91 Å². The predicted octanol–water partition coefficient (Wildman–Crippen LogP) is 6.43. The lowest BCUT2D eigenvalue weighted by atomic mass is 10.1. The molecule has 0 saturated heterocycles. The van der Waals surface area contributed by atoms with Crippen molar-refractivity contribution in [3.63, 3.8) is 0 Å². The topological polar surface area (TPSA) is 72.8 Å². The van der Waals surface area contributed by atoms with Crippen LogP contribution in [-0.4, -0.2) is 29.5 Å². The maximum atomic E-state index is 12.2. The van der Waals surface area contributed by atoms with Gasteiger partial charge < -0.3 is 9.47 Å². The molecule has 6 nitrogen and oxygen atoms in total. The van der Waals surface area contributed by atoms with Crippen molar-refractivity contribution in [1.29, 1.82) is 0 Å². The molecule has 1 heterocycles. The lowest BCUT2D eigenvalue weighted by molar-refractivity contribution is -0.118. The van der Waals surface area contributed by atoms with E-state index in [1.54, 1.807) is 17.6 Å². The highest BCUT2D eigenvalue weighted by atomic mass is 127. The number of hydrogen-bond donors (Lipinski definition) is 1. The van der Waals surface area contributed by atoms with E-state index in [1.807, 2.05) is 55.5 Å². The molecule has 0 bridgehead atoms. The van der Waals surface area contributed by atoms with Gasteiger partial charge in [0.1, 0.15) is 6.61 Å². The highest BCUT2D eigenvalue weighted by Gasteiger charge is 2.13. The largest absolute Gasteiger partial charge is 0.490 e. The lowest BCUT2D eigenvalue weighted by Gasteiger charge is -2.15. The average Bonchev–Trinajstić information content (AvgIpc) is 3.27. The van der Waals surface area contributed by atoms with Crippen molar-refractivity contribution >= 4 is 68.0 Å². The number of thioether (sulfide) groups is 1. The first-order valence-electron chi connectivity index (χ1n) is 11.0. The number of fused-ring (bicyclic) bond motifs is 1. The number of ether oxygens (including phenoxy) is 2. The third-order valence-electron chi connectivity index (χ3n) is 4.97. The molecule has 9 heteroatoms. The number of aromatic nitrogens is 1. The zero-order valence-corrected chi connectivity index (χ0v) is 23.1. The SMILES string of the molecule is CCOc1cc(/C=N\NC(=O)CSc2nc3ccccc3s2)cc(I)c1OCc1ccccc1C. The molecule has 1 N–H and O–H groups in total. The van der Waals surface area contributed by atoms with Gasteiger partial charge in [-0.15, -0.1) is 11.3 Å². The van der Waals surface area contributed by atoms with Crippen molar-refractivity contribution in [3.8, 4) is 11.5 Å². The van der Waals surface area contributed by atoms with Crippen LogP contribution >= 0.6 is 45.7 Å². The summed E-state index contributed by atoms with van der Waals surface area (Å²) in [6.45, 7) is 4.97. The van der Waals surface area contributed by atoms with Crippen LogP contribution in [0, 0.1) is 10.5 Å². The van der Waals surface area contributed by atoms with Crippen LogP contribution in [0.3, 0.4) is 0 Å². The molecule has 0 aliphatic rings. The van der Waals surface area contributed by atoms with E-state index in [2.05, 4.69) is 57.2 Å². The minimum Gasteiger partial charge on any atom is -0.490 e. The molecule has 0 saturated carbocycles. The number of carbonyl (C=O) groups is 1. The van der Waals surface area contributed by atoms with Crippen LogP contribution in [0.15, 0.2) is 70.1 Å². The number of thiazole rings is 1. The fourth-order valence-electron chi connectivity index (χ4n) is 3.24. The molecule has 0 radical (unpaired) electrons. The molecule has 1 aromatic heterocycles. The maximum absolute atomic E-state index is 12.2. The van der Waals surface area contributed by atoms with Gasteiger partial charge in [0.05, 0.1) is 32.4 Å². The van der Waals surface area contributed by atoms with Gasteiger partial charge in [0.15, 0.2) is 15.8 Å². The van der Waals surface area contributed by atoms with E-state index in [0.717, 1.165) is 29.3 Å². The normalized spacial score (nSPS) is 11.2. The molecular formula is C26H24IN3O3S2. The Hall–Kier alpha value is -2.63. The number of hydrazone groups is 1. The Bertz CT molecular complexity index is 1320. The smallest absolute Gasteiger partial charge is 0.250 e. The Morgan fingerprint density at radius 2 is 1.97 bits per heavy atom. The summed E-state index contributed by atoms with van der Waals surface area (Å²) in [5.74, 6) is 1.39. The Kier molecular flexibility index (Phi) is 9.00. The van der Waals surface area contributed by atoms with E-state index in [0.29, 0.717) is 24.7 Å². The van der Waals surface area contributed by atoms with Crippen LogP contribution in [0.5, 0.6) is 11.5 Å². The number of benzene rings is 3. The summed E-state index contributed by atoms with van der Waals surface area (Å²) in [7, 11) is 0. The minimum absolute atomic E-state index is 0.191. The van der Waals surface area contributed by atoms with E-state index in [-0.39, 0.29) is 11.7 Å². The second-order valence-corrected chi connectivity index (χ2v) is 10.9. The van der Waals surface area contributed by atoms with Gasteiger partial charge in [-0.3, -0.25) is 4.79 Å². The molecule has 0 spiro atoms. The Labute approximate surface area is 226 Å². The van der Waals surface area contributed by atoms with Crippen molar-refractivity contribution in [3.05, 3.63) is 80.9 Å². The summed E-state index contributed by atoms with van der Waals surface area (Å²) in [6, 6.07) is 19.9. The first kappa shape index (κ1) is 25.5. The van der Waals surface area contributed by atoms with E-state index in [9.17, 15) is 4.79 Å². The third kappa shape index (κ3) is 6.96. The number of nitrogens with one attached hydrogen (secondary N) is 1. The maximum Gasteiger partial charge on any atom is 0.250 e. The van der Waals surface area contributed by atoms with Crippen molar-refractivity contribution < 1.29 is 14.3 Å². The van der Waals surface area contributed by atoms with Gasteiger partial charge in [-0.05, 0) is 77.4 Å². The average molecular weight is 618 g/mol. The van der Waals surface area contributed by atoms with Gasteiger partial charge in [-0.2, -0.15) is 5.10 Å². The summed E-state index contributed by atoms with van der Waals surface area (Å²) in [5, 5.41) is 4.12. The molecule has 4 rings (SSSR count). The van der Waals surface area contributed by atoms with Gasteiger partial charge in [0, 0.05) is 0 Å². The number of nitrogens with zero attached hydrogens (tertiary/aromatic N) is 2. The first-order chi connectivity index (χ1) is 17.0. The number of carbonyl (C=O) groups excluding carboxylic acids is 1. The fraction of sp³-hybridized carbons (Fsp3) is 0.192. The zero-order valence-electron chi connectivity index (χ0n) is 19.3. The number of amides is 1. The highest BCUT2D eigenvalue weighted by molar-refractivity contribution is 14.1. The number of rotatable bonds is 10. The molecule has 0 aliphatic heterocycles. The van der Waals surface area contributed by atoms with E-state index < -0.39 is 0 Å². The summed E-state index contributed by atoms with van der Waals surface area (Å²) in [4.78, 5) is 16.8. The Balaban J connectivity index is 1.36. The lowest BCUT2D eigenvalue weighted by Crippen LogP contribution is -2.19. The van der Waals surface area contributed by atoms with Crippen molar-refractivity contribution in [2.24, 2.45) is 5.10 Å². The van der Waals surface area contributed by atoms with Crippen molar-refractivity contribution in [2.45, 2.75) is 24.8 Å². The van der Waals surface area contributed by atoms with Crippen LogP contribution in [-0.2, 0) is 11.4 Å². The van der Waals surface area contributed by atoms with Crippen LogP contribution < -0.4 is 14.9 Å². The van der Waals surface area contributed by atoms with Crippen LogP contribution in [0.2, 0.25) is 0 Å². The molecule has 1 amide bonds. The quantitative estimate of drug-likeness (QED) is 0.0962. The van der Waals surface area contributed by atoms with E-state index in [1.165, 1.54) is 17.3 Å². The minimum atomic E-state index is -0.191. The van der Waals surface area contributed by atoms with E-state index in [4.69, 9.17) is 9.47 Å². The van der Waals surface area contributed by atoms with Gasteiger partial charge in [-0.25, -0.2) is 10.4 Å². The number of halogens is 1. The monoisotopic (exact) mass is 617 g/mol. The van der Waals surface area contributed by atoms with Gasteiger partial charge in [0.2, 0.25) is 0 Å². The summed E-state index contributed by atoms with van der Waals surface area (Å²) in [5.41, 5.74) is 6.65. The van der Waals surface area contributed by atoms with Gasteiger partial charge in [-0.1, -0.05) is 48.2 Å². The first-order valence-corrected chi connectivity index (χ1v) is 13.9. The standard InChI is InChI=1S/C26H24IN3O3S2/c1-3-32-22-13-18(12-20(27)25(22)33-15-19-9-5-4-8-17(19)2)14-28-30-24(31)16-34-26-29-21-10-6-7-11-23(21)35-26/h4-14H,3,15-16H2,1-2H3,(H,30,31)/b28-14-. The molecule has 0 unspecified atom stereocenters. The Morgan fingerprint density at radius 3 is 2.77 bits per heavy atom. The van der Waals surface area contributed by atoms with Crippen molar-refractivity contribution in [1.82, 2.24) is 10.4 Å². The van der Waals surface area contributed by atoms with Crippen LogP contribution in [0.1, 0.15) is 23.6 Å². The molecule has 35 heavy (non-hydrogen) atoms. The number of hydrogen-bond acceptors (Lipinski definition) is 7. The fourth-order valence-corrected chi connectivity index (χ4v) is 5.88. The molecule has 0 fully saturated rings. The summed E-state index contributed by atoms with van der Waals surface area (Å²) in [6.07, 6.45) is 1.61. The molecule has 3 aromatic carbocycles. The number of para-hydroxylation sites is 1. The highest BCUT2D eigenvalue weighted by Crippen LogP contribution is 2.35. The summed E-state index contributed by atoms with van der Waals surface area (Å²) < 4.78 is 14.8. The molecular weight excluding hydrogens is 593 g/mol. The predicted molar refractivity (Wildman–Crippen MR) is 152 cm³/mol. The molecule has 0 aliphatic carbocycles. The Morgan fingerprint density at radius 1 is 1.17 bits per heavy atom. The van der Waals surface area contributed by atoms with Crippen LogP contribution in [0.25, 0.3) is 10.2 Å². The second kappa shape index (κ2) is 12.4. The molecule has 4 aromatic rings. The molecule has 0 atom stereocenters. The number of aryl methyl sites for hydroxylation is 1. The summed E-state index contributed by atoms with van der Waals surface area (Å²) >= 11 is 5.21. The zero-order chi connectivity index (χ0) is 24.6. The van der Waals surface area contributed by atoms with Crippen molar-refractivity contribution in [2.75, 3.05) is 12.4 Å². The second-order valence-electron chi connectivity index (χ2n) is 7.51. The molecule has 180 valence electrons. The third-order valence-corrected chi connectivity index (χ3v) is 7.95.